The summed E-state index contributed by atoms with van der Waals surface area (Å²) in [6.07, 6.45) is 6.80. The highest BCUT2D eigenvalue weighted by molar-refractivity contribution is 9.10. The average molecular weight is 640 g/mol. The SMILES string of the molecule is O=C(COC(=O)[C@H](CCCCN1C(=O)[C@@H]2[C@H]3CC[C@@H](C3)[C@H]2C1=O)N1C(=O)[C@@H]2[C@H]3CC[C@@H](C3)[C@@H]2C1=O)c1ccc(Br)cc1. The number of ketones is 1. The zero-order chi connectivity index (χ0) is 29.3. The minimum absolute atomic E-state index is 0.0622. The zero-order valence-corrected chi connectivity index (χ0v) is 25.0. The van der Waals surface area contributed by atoms with Gasteiger partial charge in [-0.1, -0.05) is 28.1 Å². The predicted octanol–water partition coefficient (Wildman–Crippen LogP) is 3.78. The fourth-order valence-electron chi connectivity index (χ4n) is 9.34. The summed E-state index contributed by atoms with van der Waals surface area (Å²) in [4.78, 5) is 81.9. The molecule has 2 heterocycles. The Labute approximate surface area is 252 Å². The molecule has 10 heteroatoms. The van der Waals surface area contributed by atoms with Crippen molar-refractivity contribution in [3.63, 3.8) is 0 Å². The van der Waals surface area contributed by atoms with E-state index in [1.165, 1.54) is 4.90 Å². The summed E-state index contributed by atoms with van der Waals surface area (Å²) in [5, 5.41) is 0. The lowest BCUT2D eigenvalue weighted by atomic mass is 9.81. The molecular weight excluding hydrogens is 604 g/mol. The van der Waals surface area contributed by atoms with Crippen LogP contribution in [0, 0.1) is 47.3 Å². The second-order valence-corrected chi connectivity index (χ2v) is 14.1. The number of imide groups is 2. The lowest BCUT2D eigenvalue weighted by molar-refractivity contribution is -0.159. The van der Waals surface area contributed by atoms with E-state index in [1.54, 1.807) is 24.3 Å². The monoisotopic (exact) mass is 638 g/mol. The molecule has 4 amide bonds. The van der Waals surface area contributed by atoms with Gasteiger partial charge in [0, 0.05) is 16.6 Å². The van der Waals surface area contributed by atoms with Gasteiger partial charge >= 0.3 is 5.97 Å². The molecule has 9 nitrogen and oxygen atoms in total. The molecule has 6 fully saturated rings. The lowest BCUT2D eigenvalue weighted by Gasteiger charge is -2.26. The van der Waals surface area contributed by atoms with E-state index in [1.807, 2.05) is 0 Å². The maximum atomic E-state index is 13.6. The van der Waals surface area contributed by atoms with Crippen LogP contribution in [-0.4, -0.2) is 64.4 Å². The Bertz CT molecular complexity index is 1300. The third-order valence-corrected chi connectivity index (χ3v) is 11.7. The number of esters is 1. The van der Waals surface area contributed by atoms with E-state index >= 15 is 0 Å². The fourth-order valence-corrected chi connectivity index (χ4v) is 9.61. The molecule has 0 radical (unpaired) electrons. The van der Waals surface area contributed by atoms with Gasteiger partial charge in [0.1, 0.15) is 6.04 Å². The summed E-state index contributed by atoms with van der Waals surface area (Å²) < 4.78 is 6.25. The van der Waals surface area contributed by atoms with Crippen molar-refractivity contribution in [2.24, 2.45) is 47.3 Å². The van der Waals surface area contributed by atoms with Gasteiger partial charge in [0.15, 0.2) is 12.4 Å². The molecule has 0 unspecified atom stereocenters. The van der Waals surface area contributed by atoms with Crippen LogP contribution in [0.15, 0.2) is 28.7 Å². The minimum atomic E-state index is -1.13. The Morgan fingerprint density at radius 2 is 1.26 bits per heavy atom. The number of carbonyl (C=O) groups excluding carboxylic acids is 6. The molecule has 1 aromatic carbocycles. The van der Waals surface area contributed by atoms with Gasteiger partial charge in [-0.15, -0.1) is 0 Å². The van der Waals surface area contributed by atoms with E-state index in [4.69, 9.17) is 4.74 Å². The van der Waals surface area contributed by atoms with Crippen molar-refractivity contribution < 1.29 is 33.5 Å². The largest absolute Gasteiger partial charge is 0.456 e. The number of hydrogen-bond donors (Lipinski definition) is 0. The van der Waals surface area contributed by atoms with Gasteiger partial charge in [0.05, 0.1) is 23.7 Å². The number of unbranched alkanes of at least 4 members (excludes halogenated alkanes) is 1. The lowest BCUT2D eigenvalue weighted by Crippen LogP contribution is -2.47. The van der Waals surface area contributed by atoms with Crippen molar-refractivity contribution in [3.05, 3.63) is 34.3 Å². The number of likely N-dealkylation sites (tertiary alicyclic amines) is 2. The number of Topliss-reactive ketones (excluding diaryl/α,β-unsaturated/α-hetero) is 1. The van der Waals surface area contributed by atoms with Crippen LogP contribution in [0.3, 0.4) is 0 Å². The molecule has 222 valence electrons. The molecule has 2 aliphatic heterocycles. The van der Waals surface area contributed by atoms with Crippen molar-refractivity contribution in [2.45, 2.75) is 63.8 Å². The quantitative estimate of drug-likeness (QED) is 0.166. The molecule has 0 N–H and O–H groups in total. The van der Waals surface area contributed by atoms with E-state index in [0.29, 0.717) is 30.2 Å². The molecule has 42 heavy (non-hydrogen) atoms. The topological polar surface area (TPSA) is 118 Å². The third kappa shape index (κ3) is 4.38. The summed E-state index contributed by atoms with van der Waals surface area (Å²) in [5.74, 6) is -1.95. The Hall–Kier alpha value is -2.88. The van der Waals surface area contributed by atoms with E-state index in [-0.39, 0.29) is 77.9 Å². The Morgan fingerprint density at radius 3 is 1.79 bits per heavy atom. The molecule has 9 atom stereocenters. The number of benzene rings is 1. The van der Waals surface area contributed by atoms with Crippen LogP contribution in [0.1, 0.15) is 68.1 Å². The molecule has 6 aliphatic rings. The summed E-state index contributed by atoms with van der Waals surface area (Å²) in [6, 6.07) is 5.57. The Morgan fingerprint density at radius 1 is 0.762 bits per heavy atom. The Balaban J connectivity index is 1.02. The predicted molar refractivity (Wildman–Crippen MR) is 151 cm³/mol. The van der Waals surface area contributed by atoms with Gasteiger partial charge in [-0.05, 0) is 93.6 Å². The smallest absolute Gasteiger partial charge is 0.329 e. The van der Waals surface area contributed by atoms with E-state index in [2.05, 4.69) is 15.9 Å². The minimum Gasteiger partial charge on any atom is -0.456 e. The molecule has 0 aromatic heterocycles. The molecule has 4 saturated carbocycles. The number of amides is 4. The van der Waals surface area contributed by atoms with Crippen LogP contribution in [0.25, 0.3) is 0 Å². The van der Waals surface area contributed by atoms with Crippen molar-refractivity contribution in [3.8, 4) is 0 Å². The number of hydrogen-bond acceptors (Lipinski definition) is 7. The first kappa shape index (κ1) is 27.9. The van der Waals surface area contributed by atoms with Crippen LogP contribution in [0.5, 0.6) is 0 Å². The number of carbonyl (C=O) groups is 6. The van der Waals surface area contributed by atoms with Crippen molar-refractivity contribution in [1.82, 2.24) is 9.80 Å². The highest BCUT2D eigenvalue weighted by Crippen LogP contribution is 2.57. The maximum Gasteiger partial charge on any atom is 0.329 e. The van der Waals surface area contributed by atoms with Crippen LogP contribution >= 0.6 is 15.9 Å². The van der Waals surface area contributed by atoms with Crippen molar-refractivity contribution in [2.75, 3.05) is 13.2 Å². The second kappa shape index (κ2) is 10.7. The first-order chi connectivity index (χ1) is 20.2. The summed E-state index contributed by atoms with van der Waals surface area (Å²) in [7, 11) is 0. The summed E-state index contributed by atoms with van der Waals surface area (Å²) >= 11 is 3.33. The van der Waals surface area contributed by atoms with Crippen molar-refractivity contribution in [1.29, 1.82) is 0 Å². The van der Waals surface area contributed by atoms with Gasteiger partial charge < -0.3 is 4.74 Å². The van der Waals surface area contributed by atoms with Crippen LogP contribution in [0.4, 0.5) is 0 Å². The second-order valence-electron chi connectivity index (χ2n) is 13.2. The highest BCUT2D eigenvalue weighted by Gasteiger charge is 2.63. The molecule has 0 spiro atoms. The molecule has 4 bridgehead atoms. The average Bonchev–Trinajstić information content (AvgIpc) is 3.83. The first-order valence-electron chi connectivity index (χ1n) is 15.4. The first-order valence-corrected chi connectivity index (χ1v) is 16.2. The molecular formula is C32H35BrN2O7. The van der Waals surface area contributed by atoms with Crippen molar-refractivity contribution >= 4 is 51.3 Å². The Kier molecular flexibility index (Phi) is 7.10. The third-order valence-electron chi connectivity index (χ3n) is 11.2. The van der Waals surface area contributed by atoms with E-state index < -0.39 is 18.6 Å². The summed E-state index contributed by atoms with van der Waals surface area (Å²) in [5.41, 5.74) is 0.389. The van der Waals surface area contributed by atoms with E-state index in [0.717, 1.165) is 47.9 Å². The van der Waals surface area contributed by atoms with Gasteiger partial charge in [-0.3, -0.25) is 33.8 Å². The molecule has 7 rings (SSSR count). The van der Waals surface area contributed by atoms with Gasteiger partial charge in [0.25, 0.3) is 0 Å². The zero-order valence-electron chi connectivity index (χ0n) is 23.4. The highest BCUT2D eigenvalue weighted by atomic mass is 79.9. The van der Waals surface area contributed by atoms with E-state index in [9.17, 15) is 28.8 Å². The van der Waals surface area contributed by atoms with Crippen LogP contribution in [0.2, 0.25) is 0 Å². The number of fused-ring (bicyclic) bond motifs is 10. The summed E-state index contributed by atoms with van der Waals surface area (Å²) in [6.45, 7) is -0.224. The van der Waals surface area contributed by atoms with Gasteiger partial charge in [0.2, 0.25) is 23.6 Å². The molecule has 2 saturated heterocycles. The molecule has 4 aliphatic carbocycles. The number of rotatable bonds is 10. The normalized spacial score (nSPS) is 34.9. The number of halogens is 1. The van der Waals surface area contributed by atoms with Crippen LogP contribution in [-0.2, 0) is 28.7 Å². The maximum absolute atomic E-state index is 13.6. The van der Waals surface area contributed by atoms with Crippen LogP contribution < -0.4 is 0 Å². The van der Waals surface area contributed by atoms with Gasteiger partial charge in [-0.25, -0.2) is 4.79 Å². The van der Waals surface area contributed by atoms with Gasteiger partial charge in [-0.2, -0.15) is 0 Å². The standard InChI is InChI=1S/C32H35BrN2O7/c33-21-10-8-16(9-11-21)23(36)15-42-32(41)22(35-30(39)26-19-6-7-20(14-19)27(26)31(35)40)3-1-2-12-34-28(37)24-17-4-5-18(13-17)25(24)29(34)38/h8-11,17-20,22,24-27H,1-7,12-15H2/t17-,18-,19-,20-,22-,24+,25+,26-,27+/m0/s1. The number of ether oxygens (including phenoxy) is 1. The number of nitrogens with zero attached hydrogens (tertiary/aromatic N) is 2. The molecule has 1 aromatic rings. The fraction of sp³-hybridized carbons (Fsp3) is 0.625.